The lowest BCUT2D eigenvalue weighted by Crippen LogP contribution is -2.24. The van der Waals surface area contributed by atoms with Gasteiger partial charge in [-0.15, -0.1) is 0 Å². The second kappa shape index (κ2) is 8.19. The van der Waals surface area contributed by atoms with Gasteiger partial charge in [0, 0.05) is 24.0 Å². The first-order valence-corrected chi connectivity index (χ1v) is 10.9. The van der Waals surface area contributed by atoms with E-state index in [2.05, 4.69) is 104 Å². The Kier molecular flexibility index (Phi) is 5.09. The molecule has 4 aromatic carbocycles. The molecular weight excluding hydrogens is 378 g/mol. The fourth-order valence-corrected chi connectivity index (χ4v) is 4.14. The van der Waals surface area contributed by atoms with Crippen molar-refractivity contribution >= 4 is 27.6 Å². The van der Waals surface area contributed by atoms with E-state index in [1.54, 1.807) is 0 Å². The van der Waals surface area contributed by atoms with Crippen LogP contribution in [0.2, 0.25) is 0 Å². The summed E-state index contributed by atoms with van der Waals surface area (Å²) in [5, 5.41) is 3.52. The molecular formula is C28H25N3. The molecule has 0 aliphatic rings. The summed E-state index contributed by atoms with van der Waals surface area (Å²) in [6.45, 7) is 6.05. The van der Waals surface area contributed by atoms with Crippen LogP contribution in [0.3, 0.4) is 0 Å². The minimum atomic E-state index is 0.790. The smallest absolute Gasteiger partial charge is 0.226 e. The van der Waals surface area contributed by atoms with E-state index in [1.165, 1.54) is 21.9 Å². The Morgan fingerprint density at radius 3 is 2.00 bits per heavy atom. The number of rotatable bonds is 5. The molecule has 3 heteroatoms. The van der Waals surface area contributed by atoms with E-state index in [4.69, 9.17) is 9.97 Å². The van der Waals surface area contributed by atoms with Crippen LogP contribution in [-0.4, -0.2) is 23.1 Å². The molecule has 5 rings (SSSR count). The second-order valence-corrected chi connectivity index (χ2v) is 7.70. The van der Waals surface area contributed by atoms with Crippen molar-refractivity contribution in [3.05, 3.63) is 91.0 Å². The average Bonchev–Trinajstić information content (AvgIpc) is 2.84. The molecule has 0 fully saturated rings. The van der Waals surface area contributed by atoms with E-state index in [0.717, 1.165) is 41.2 Å². The summed E-state index contributed by atoms with van der Waals surface area (Å²) in [6.07, 6.45) is 0. The molecule has 0 saturated heterocycles. The molecule has 31 heavy (non-hydrogen) atoms. The van der Waals surface area contributed by atoms with Gasteiger partial charge in [0.1, 0.15) is 0 Å². The summed E-state index contributed by atoms with van der Waals surface area (Å²) in [6, 6.07) is 32.1. The molecule has 0 spiro atoms. The van der Waals surface area contributed by atoms with Gasteiger partial charge in [-0.3, -0.25) is 0 Å². The molecule has 152 valence electrons. The molecule has 5 aromatic rings. The maximum atomic E-state index is 5.00. The number of hydrogen-bond donors (Lipinski definition) is 0. The zero-order chi connectivity index (χ0) is 21.2. The van der Waals surface area contributed by atoms with E-state index in [9.17, 15) is 0 Å². The standard InChI is InChI=1S/C28H25N3/c1-3-31(4-2)28-29-26-13-9-8-12-25(26)27(30-28)24-17-16-22-18-21(14-15-23(22)19-24)20-10-6-5-7-11-20/h5-19H,3-4H2,1-2H3. The summed E-state index contributed by atoms with van der Waals surface area (Å²) >= 11 is 0. The monoisotopic (exact) mass is 403 g/mol. The molecule has 0 atom stereocenters. The van der Waals surface area contributed by atoms with E-state index >= 15 is 0 Å². The van der Waals surface area contributed by atoms with Gasteiger partial charge in [-0.2, -0.15) is 0 Å². The Balaban J connectivity index is 1.65. The lowest BCUT2D eigenvalue weighted by molar-refractivity contribution is 0.827. The number of aromatic nitrogens is 2. The normalized spacial score (nSPS) is 11.2. The highest BCUT2D eigenvalue weighted by molar-refractivity contribution is 5.97. The van der Waals surface area contributed by atoms with Gasteiger partial charge < -0.3 is 4.90 Å². The predicted octanol–water partition coefficient (Wildman–Crippen LogP) is 6.96. The molecule has 0 saturated carbocycles. The van der Waals surface area contributed by atoms with Crippen molar-refractivity contribution < 1.29 is 0 Å². The summed E-state index contributed by atoms with van der Waals surface area (Å²) < 4.78 is 0. The van der Waals surface area contributed by atoms with Crippen LogP contribution in [0.1, 0.15) is 13.8 Å². The van der Waals surface area contributed by atoms with Gasteiger partial charge in [-0.25, -0.2) is 9.97 Å². The zero-order valence-electron chi connectivity index (χ0n) is 17.9. The number of fused-ring (bicyclic) bond motifs is 2. The molecule has 0 aliphatic carbocycles. The van der Waals surface area contributed by atoms with Gasteiger partial charge in [0.25, 0.3) is 0 Å². The molecule has 1 aromatic heterocycles. The van der Waals surface area contributed by atoms with Crippen LogP contribution in [0.25, 0.3) is 44.1 Å². The Labute approximate surface area is 183 Å². The van der Waals surface area contributed by atoms with Crippen LogP contribution in [0.5, 0.6) is 0 Å². The highest BCUT2D eigenvalue weighted by Crippen LogP contribution is 2.32. The van der Waals surface area contributed by atoms with E-state index < -0.39 is 0 Å². The first-order chi connectivity index (χ1) is 15.3. The third-order valence-corrected chi connectivity index (χ3v) is 5.86. The Morgan fingerprint density at radius 1 is 0.613 bits per heavy atom. The van der Waals surface area contributed by atoms with Crippen LogP contribution in [0.4, 0.5) is 5.95 Å². The highest BCUT2D eigenvalue weighted by Gasteiger charge is 2.13. The quantitative estimate of drug-likeness (QED) is 0.317. The summed E-state index contributed by atoms with van der Waals surface area (Å²) in [5.41, 5.74) is 5.55. The molecule has 1 heterocycles. The molecule has 0 aliphatic heterocycles. The minimum absolute atomic E-state index is 0.790. The van der Waals surface area contributed by atoms with Crippen LogP contribution in [-0.2, 0) is 0 Å². The fraction of sp³-hybridized carbons (Fsp3) is 0.143. The maximum Gasteiger partial charge on any atom is 0.226 e. The molecule has 0 unspecified atom stereocenters. The van der Waals surface area contributed by atoms with Gasteiger partial charge >= 0.3 is 0 Å². The summed E-state index contributed by atoms with van der Waals surface area (Å²) in [5.74, 6) is 0.790. The summed E-state index contributed by atoms with van der Waals surface area (Å²) in [7, 11) is 0. The van der Waals surface area contributed by atoms with E-state index in [-0.39, 0.29) is 0 Å². The third kappa shape index (κ3) is 3.64. The van der Waals surface area contributed by atoms with Crippen molar-refractivity contribution in [3.63, 3.8) is 0 Å². The van der Waals surface area contributed by atoms with Crippen molar-refractivity contribution in [1.82, 2.24) is 9.97 Å². The number of benzene rings is 4. The largest absolute Gasteiger partial charge is 0.341 e. The number of hydrogen-bond acceptors (Lipinski definition) is 3. The minimum Gasteiger partial charge on any atom is -0.341 e. The average molecular weight is 404 g/mol. The lowest BCUT2D eigenvalue weighted by Gasteiger charge is -2.20. The van der Waals surface area contributed by atoms with E-state index in [0.29, 0.717) is 0 Å². The van der Waals surface area contributed by atoms with Gasteiger partial charge in [0.05, 0.1) is 11.2 Å². The number of anilines is 1. The highest BCUT2D eigenvalue weighted by atomic mass is 15.2. The lowest BCUT2D eigenvalue weighted by atomic mass is 9.98. The fourth-order valence-electron chi connectivity index (χ4n) is 4.14. The third-order valence-electron chi connectivity index (χ3n) is 5.86. The second-order valence-electron chi connectivity index (χ2n) is 7.70. The van der Waals surface area contributed by atoms with Gasteiger partial charge in [-0.1, -0.05) is 72.8 Å². The van der Waals surface area contributed by atoms with Crippen LogP contribution >= 0.6 is 0 Å². The molecule has 0 amide bonds. The summed E-state index contributed by atoms with van der Waals surface area (Å²) in [4.78, 5) is 12.0. The Hall–Kier alpha value is -3.72. The molecule has 0 radical (unpaired) electrons. The number of nitrogens with zero attached hydrogens (tertiary/aromatic N) is 3. The Morgan fingerprint density at radius 2 is 1.26 bits per heavy atom. The topological polar surface area (TPSA) is 29.0 Å². The van der Waals surface area contributed by atoms with Crippen molar-refractivity contribution in [2.24, 2.45) is 0 Å². The van der Waals surface area contributed by atoms with Crippen LogP contribution < -0.4 is 4.90 Å². The van der Waals surface area contributed by atoms with Crippen LogP contribution in [0.15, 0.2) is 91.0 Å². The van der Waals surface area contributed by atoms with E-state index in [1.807, 2.05) is 6.07 Å². The van der Waals surface area contributed by atoms with Crippen molar-refractivity contribution in [3.8, 4) is 22.4 Å². The molecule has 0 N–H and O–H groups in total. The molecule has 0 bridgehead atoms. The first kappa shape index (κ1) is 19.3. The number of para-hydroxylation sites is 1. The van der Waals surface area contributed by atoms with Gasteiger partial charge in [-0.05, 0) is 53.9 Å². The zero-order valence-corrected chi connectivity index (χ0v) is 17.9. The van der Waals surface area contributed by atoms with Gasteiger partial charge in [0.2, 0.25) is 5.95 Å². The van der Waals surface area contributed by atoms with Gasteiger partial charge in [0.15, 0.2) is 0 Å². The first-order valence-electron chi connectivity index (χ1n) is 10.9. The maximum absolute atomic E-state index is 5.00. The van der Waals surface area contributed by atoms with Crippen molar-refractivity contribution in [2.75, 3.05) is 18.0 Å². The molecule has 3 nitrogen and oxygen atoms in total. The van der Waals surface area contributed by atoms with Crippen molar-refractivity contribution in [2.45, 2.75) is 13.8 Å². The van der Waals surface area contributed by atoms with Crippen LogP contribution in [0, 0.1) is 0 Å². The Bertz CT molecular complexity index is 1360. The SMILES string of the molecule is CCN(CC)c1nc(-c2ccc3cc(-c4ccccc4)ccc3c2)c2ccccc2n1. The predicted molar refractivity (Wildman–Crippen MR) is 131 cm³/mol. The van der Waals surface area contributed by atoms with Crippen molar-refractivity contribution in [1.29, 1.82) is 0 Å².